The molecule has 164 valence electrons. The standard InChI is InChI=1S/C30H34N2/c1-5-23(28-12-7-6-9-22(28)3)17-25-10-8-11-26-18-29-24(19-30(25,26)4)20-31-32(29)27-15-13-21(2)14-16-27/h5-7,9,12-16,18,20,25H,8,10-11,17,19H2,1-4H3/b23-5-. The Balaban J connectivity index is 1.47. The molecule has 2 aromatic carbocycles. The predicted octanol–water partition coefficient (Wildman–Crippen LogP) is 7.73. The Morgan fingerprint density at radius 2 is 1.91 bits per heavy atom. The topological polar surface area (TPSA) is 17.8 Å². The van der Waals surface area contributed by atoms with E-state index >= 15 is 0 Å². The first-order valence-corrected chi connectivity index (χ1v) is 12.1. The monoisotopic (exact) mass is 422 g/mol. The first-order chi connectivity index (χ1) is 15.5. The predicted molar refractivity (Wildman–Crippen MR) is 135 cm³/mol. The third-order valence-corrected chi connectivity index (χ3v) is 7.97. The summed E-state index contributed by atoms with van der Waals surface area (Å²) in [4.78, 5) is 0. The number of hydrogen-bond donors (Lipinski definition) is 0. The molecule has 1 saturated carbocycles. The summed E-state index contributed by atoms with van der Waals surface area (Å²) in [5, 5.41) is 4.81. The molecule has 0 saturated heterocycles. The number of hydrogen-bond acceptors (Lipinski definition) is 1. The maximum atomic E-state index is 4.81. The second kappa shape index (κ2) is 8.24. The molecule has 2 aliphatic carbocycles. The molecule has 0 amide bonds. The van der Waals surface area contributed by atoms with Crippen LogP contribution in [0.25, 0.3) is 17.3 Å². The number of aryl methyl sites for hydroxylation is 2. The van der Waals surface area contributed by atoms with Crippen LogP contribution in [0.2, 0.25) is 0 Å². The first-order valence-electron chi connectivity index (χ1n) is 12.1. The molecule has 1 aromatic heterocycles. The van der Waals surface area contributed by atoms with Crippen molar-refractivity contribution in [2.24, 2.45) is 11.3 Å². The molecule has 2 unspecified atom stereocenters. The number of nitrogens with zero attached hydrogens (tertiary/aromatic N) is 2. The Morgan fingerprint density at radius 1 is 1.12 bits per heavy atom. The number of rotatable bonds is 4. The van der Waals surface area contributed by atoms with Crippen molar-refractivity contribution in [1.82, 2.24) is 9.78 Å². The number of aromatic nitrogens is 2. The van der Waals surface area contributed by atoms with Crippen LogP contribution in [0.15, 0.2) is 66.4 Å². The van der Waals surface area contributed by atoms with E-state index in [1.807, 2.05) is 0 Å². The first kappa shape index (κ1) is 21.0. The van der Waals surface area contributed by atoms with Gasteiger partial charge in [0.25, 0.3) is 0 Å². The van der Waals surface area contributed by atoms with Gasteiger partial charge in [-0.15, -0.1) is 0 Å². The molecule has 0 N–H and O–H groups in total. The van der Waals surface area contributed by atoms with Gasteiger partial charge in [0.1, 0.15) is 0 Å². The van der Waals surface area contributed by atoms with Gasteiger partial charge in [0.2, 0.25) is 0 Å². The molecule has 0 bridgehead atoms. The second-order valence-electron chi connectivity index (χ2n) is 9.99. The van der Waals surface area contributed by atoms with Gasteiger partial charge in [0.15, 0.2) is 0 Å². The summed E-state index contributed by atoms with van der Waals surface area (Å²) in [6, 6.07) is 17.5. The average Bonchev–Trinajstić information content (AvgIpc) is 3.19. The quantitative estimate of drug-likeness (QED) is 0.420. The SMILES string of the molecule is C/C=C(/CC1CCCC2=Cc3c(cnn3-c3ccc(C)cc3)CC21C)c1ccccc1C. The smallest absolute Gasteiger partial charge is 0.0700 e. The van der Waals surface area contributed by atoms with Crippen molar-refractivity contribution >= 4 is 11.6 Å². The van der Waals surface area contributed by atoms with Gasteiger partial charge in [0, 0.05) is 0 Å². The van der Waals surface area contributed by atoms with Crippen LogP contribution in [0.4, 0.5) is 0 Å². The van der Waals surface area contributed by atoms with Gasteiger partial charge >= 0.3 is 0 Å². The molecule has 5 rings (SSSR count). The third-order valence-electron chi connectivity index (χ3n) is 7.97. The molecule has 2 aliphatic rings. The summed E-state index contributed by atoms with van der Waals surface area (Å²) in [5.41, 5.74) is 11.2. The van der Waals surface area contributed by atoms with Crippen LogP contribution in [0.5, 0.6) is 0 Å². The lowest BCUT2D eigenvalue weighted by atomic mass is 9.58. The van der Waals surface area contributed by atoms with Crippen molar-refractivity contribution in [3.63, 3.8) is 0 Å². The molecular weight excluding hydrogens is 388 g/mol. The molecule has 2 nitrogen and oxygen atoms in total. The molecule has 3 aromatic rings. The fraction of sp³-hybridized carbons (Fsp3) is 0.367. The van der Waals surface area contributed by atoms with Crippen molar-refractivity contribution in [2.75, 3.05) is 0 Å². The van der Waals surface area contributed by atoms with Gasteiger partial charge in [-0.3, -0.25) is 0 Å². The fourth-order valence-electron chi connectivity index (χ4n) is 5.94. The van der Waals surface area contributed by atoms with E-state index in [0.717, 1.165) is 18.5 Å². The molecule has 0 radical (unpaired) electrons. The highest BCUT2D eigenvalue weighted by molar-refractivity contribution is 5.69. The van der Waals surface area contributed by atoms with E-state index in [4.69, 9.17) is 5.10 Å². The normalized spacial score (nSPS) is 22.8. The number of allylic oxidation sites excluding steroid dienone is 3. The zero-order valence-corrected chi connectivity index (χ0v) is 19.9. The van der Waals surface area contributed by atoms with Crippen molar-refractivity contribution in [3.05, 3.63) is 94.3 Å². The van der Waals surface area contributed by atoms with Gasteiger partial charge in [-0.2, -0.15) is 5.10 Å². The number of benzene rings is 2. The van der Waals surface area contributed by atoms with Gasteiger partial charge < -0.3 is 0 Å². The summed E-state index contributed by atoms with van der Waals surface area (Å²) in [6.45, 7) is 9.08. The summed E-state index contributed by atoms with van der Waals surface area (Å²) in [7, 11) is 0. The van der Waals surface area contributed by atoms with Crippen molar-refractivity contribution in [2.45, 2.75) is 59.8 Å². The molecule has 2 atom stereocenters. The van der Waals surface area contributed by atoms with Crippen LogP contribution >= 0.6 is 0 Å². The van der Waals surface area contributed by atoms with Gasteiger partial charge in [-0.1, -0.05) is 60.5 Å². The molecular formula is C30H34N2. The zero-order chi connectivity index (χ0) is 22.3. The molecule has 32 heavy (non-hydrogen) atoms. The van der Waals surface area contributed by atoms with Crippen molar-refractivity contribution in [1.29, 1.82) is 0 Å². The van der Waals surface area contributed by atoms with Gasteiger partial charge in [-0.25, -0.2) is 4.68 Å². The highest BCUT2D eigenvalue weighted by Gasteiger charge is 2.43. The largest absolute Gasteiger partial charge is 0.233 e. The Morgan fingerprint density at radius 3 is 2.66 bits per heavy atom. The van der Waals surface area contributed by atoms with E-state index in [1.165, 1.54) is 52.8 Å². The van der Waals surface area contributed by atoms with E-state index in [-0.39, 0.29) is 5.41 Å². The van der Waals surface area contributed by atoms with E-state index in [1.54, 1.807) is 5.57 Å². The van der Waals surface area contributed by atoms with E-state index < -0.39 is 0 Å². The maximum Gasteiger partial charge on any atom is 0.0700 e. The summed E-state index contributed by atoms with van der Waals surface area (Å²) in [5.74, 6) is 0.657. The van der Waals surface area contributed by atoms with Crippen molar-refractivity contribution < 1.29 is 0 Å². The molecule has 0 aliphatic heterocycles. The minimum atomic E-state index is 0.212. The van der Waals surface area contributed by atoms with E-state index in [9.17, 15) is 0 Å². The van der Waals surface area contributed by atoms with E-state index in [2.05, 4.69) is 99.3 Å². The van der Waals surface area contributed by atoms with Crippen LogP contribution in [0.3, 0.4) is 0 Å². The minimum absolute atomic E-state index is 0.212. The Bertz CT molecular complexity index is 1190. The van der Waals surface area contributed by atoms with Crippen LogP contribution < -0.4 is 0 Å². The lowest BCUT2D eigenvalue weighted by Gasteiger charge is -2.46. The van der Waals surface area contributed by atoms with Crippen molar-refractivity contribution in [3.8, 4) is 5.69 Å². The number of fused-ring (bicyclic) bond motifs is 2. The van der Waals surface area contributed by atoms with Gasteiger partial charge in [-0.05, 0) is 105 Å². The lowest BCUT2D eigenvalue weighted by molar-refractivity contribution is 0.185. The lowest BCUT2D eigenvalue weighted by Crippen LogP contribution is -2.37. The zero-order valence-electron chi connectivity index (χ0n) is 19.9. The average molecular weight is 423 g/mol. The summed E-state index contributed by atoms with van der Waals surface area (Å²) >= 11 is 0. The van der Waals surface area contributed by atoms with Gasteiger partial charge in [0.05, 0.1) is 17.6 Å². The Kier molecular flexibility index (Phi) is 5.41. The molecule has 0 spiro atoms. The second-order valence-corrected chi connectivity index (χ2v) is 9.99. The molecule has 2 heteroatoms. The third kappa shape index (κ3) is 3.56. The van der Waals surface area contributed by atoms with Crippen LogP contribution in [0, 0.1) is 25.2 Å². The van der Waals surface area contributed by atoms with Crippen LogP contribution in [-0.4, -0.2) is 9.78 Å². The van der Waals surface area contributed by atoms with Crippen LogP contribution in [0.1, 0.15) is 67.5 Å². The van der Waals surface area contributed by atoms with E-state index in [0.29, 0.717) is 5.92 Å². The Hall–Kier alpha value is -2.87. The fourth-order valence-corrected chi connectivity index (χ4v) is 5.94. The minimum Gasteiger partial charge on any atom is -0.233 e. The molecule has 1 heterocycles. The molecule has 1 fully saturated rings. The highest BCUT2D eigenvalue weighted by Crippen LogP contribution is 2.53. The highest BCUT2D eigenvalue weighted by atomic mass is 15.3. The van der Waals surface area contributed by atoms with Crippen LogP contribution in [-0.2, 0) is 6.42 Å². The summed E-state index contributed by atoms with van der Waals surface area (Å²) < 4.78 is 2.13. The summed E-state index contributed by atoms with van der Waals surface area (Å²) in [6.07, 6.45) is 13.0. The Labute approximate surface area is 192 Å². The maximum absolute atomic E-state index is 4.81.